The topological polar surface area (TPSA) is 84.0 Å². The Morgan fingerprint density at radius 2 is 1.70 bits per heavy atom. The predicted octanol–water partition coefficient (Wildman–Crippen LogP) is 3.48. The highest BCUT2D eigenvalue weighted by Crippen LogP contribution is 2.27. The van der Waals surface area contributed by atoms with E-state index >= 15 is 0 Å². The van der Waals surface area contributed by atoms with Crippen molar-refractivity contribution in [1.29, 1.82) is 0 Å². The smallest absolute Gasteiger partial charge is 0.224 e. The molecule has 162 valence electrons. The maximum atomic E-state index is 12.0. The molecule has 0 aliphatic carbocycles. The van der Waals surface area contributed by atoms with Gasteiger partial charge in [-0.25, -0.2) is 0 Å². The highest BCUT2D eigenvalue weighted by molar-refractivity contribution is 6.30. The summed E-state index contributed by atoms with van der Waals surface area (Å²) < 4.78 is 10.6. The third-order valence-corrected chi connectivity index (χ3v) is 4.63. The van der Waals surface area contributed by atoms with E-state index in [1.165, 1.54) is 0 Å². The van der Waals surface area contributed by atoms with Crippen LogP contribution in [0, 0.1) is 0 Å². The lowest BCUT2D eigenvalue weighted by Gasteiger charge is -2.13. The minimum Gasteiger partial charge on any atom is -0.493 e. The number of carbonyl (C=O) groups is 1. The van der Waals surface area contributed by atoms with E-state index in [0.29, 0.717) is 42.7 Å². The van der Waals surface area contributed by atoms with Gasteiger partial charge in [-0.2, -0.15) is 0 Å². The molecule has 0 fully saturated rings. The Hall–Kier alpha value is -2.93. The summed E-state index contributed by atoms with van der Waals surface area (Å²) in [7, 11) is 4.97. The van der Waals surface area contributed by atoms with Crippen LogP contribution in [-0.4, -0.2) is 46.2 Å². The van der Waals surface area contributed by atoms with Crippen molar-refractivity contribution in [3.63, 3.8) is 0 Å². The van der Waals surface area contributed by atoms with Gasteiger partial charge in [-0.3, -0.25) is 9.79 Å². The van der Waals surface area contributed by atoms with Crippen LogP contribution >= 0.6 is 11.6 Å². The Bertz CT molecular complexity index is 841. The molecule has 2 aromatic carbocycles. The van der Waals surface area contributed by atoms with Gasteiger partial charge in [0.15, 0.2) is 17.5 Å². The monoisotopic (exact) mass is 432 g/mol. The number of aliphatic imine (C=N–C) groups is 1. The Balaban J connectivity index is 1.66. The van der Waals surface area contributed by atoms with Gasteiger partial charge in [-0.05, 0) is 54.8 Å². The first-order valence-corrected chi connectivity index (χ1v) is 10.1. The molecule has 0 saturated heterocycles. The highest BCUT2D eigenvalue weighted by atomic mass is 35.5. The van der Waals surface area contributed by atoms with E-state index in [9.17, 15) is 4.79 Å². The number of ether oxygens (including phenoxy) is 2. The van der Waals surface area contributed by atoms with Gasteiger partial charge in [0, 0.05) is 37.3 Å². The Labute approximate surface area is 182 Å². The van der Waals surface area contributed by atoms with Crippen molar-refractivity contribution in [1.82, 2.24) is 10.6 Å². The van der Waals surface area contributed by atoms with Crippen molar-refractivity contribution in [3.8, 4) is 11.5 Å². The van der Waals surface area contributed by atoms with E-state index in [1.54, 1.807) is 45.5 Å². The lowest BCUT2D eigenvalue weighted by atomic mass is 10.1. The van der Waals surface area contributed by atoms with Crippen LogP contribution < -0.4 is 25.4 Å². The number of halogens is 1. The van der Waals surface area contributed by atoms with E-state index < -0.39 is 0 Å². The van der Waals surface area contributed by atoms with Crippen LogP contribution in [0.5, 0.6) is 11.5 Å². The highest BCUT2D eigenvalue weighted by Gasteiger charge is 2.06. The van der Waals surface area contributed by atoms with Gasteiger partial charge in [-0.15, -0.1) is 0 Å². The van der Waals surface area contributed by atoms with Gasteiger partial charge in [-0.1, -0.05) is 17.7 Å². The summed E-state index contributed by atoms with van der Waals surface area (Å²) >= 11 is 5.84. The number of methoxy groups -OCH3 is 2. The number of hydrogen-bond acceptors (Lipinski definition) is 4. The molecule has 7 nitrogen and oxygen atoms in total. The van der Waals surface area contributed by atoms with Crippen LogP contribution in [0.1, 0.15) is 18.4 Å². The third-order valence-electron chi connectivity index (χ3n) is 4.38. The molecule has 3 N–H and O–H groups in total. The third kappa shape index (κ3) is 7.83. The van der Waals surface area contributed by atoms with Crippen LogP contribution in [0.25, 0.3) is 0 Å². The molecule has 1 amide bonds. The number of amides is 1. The van der Waals surface area contributed by atoms with Crippen molar-refractivity contribution in [2.24, 2.45) is 4.99 Å². The lowest BCUT2D eigenvalue weighted by Crippen LogP contribution is -2.38. The molecule has 0 heterocycles. The van der Waals surface area contributed by atoms with Crippen LogP contribution in [0.4, 0.5) is 5.69 Å². The molecule has 0 aliphatic rings. The summed E-state index contributed by atoms with van der Waals surface area (Å²) in [6.45, 7) is 1.36. The molecule has 0 bridgehead atoms. The fraction of sp³-hybridized carbons (Fsp3) is 0.364. The quantitative estimate of drug-likeness (QED) is 0.304. The summed E-state index contributed by atoms with van der Waals surface area (Å²) in [4.78, 5) is 16.2. The van der Waals surface area contributed by atoms with Crippen LogP contribution in [-0.2, 0) is 11.2 Å². The SMILES string of the molecule is CN=C(NCCCC(=O)Nc1ccc(Cl)cc1)NCCc1ccc(OC)c(OC)c1. The molecule has 0 radical (unpaired) electrons. The molecule has 0 atom stereocenters. The van der Waals surface area contributed by atoms with Crippen LogP contribution in [0.15, 0.2) is 47.5 Å². The van der Waals surface area contributed by atoms with E-state index in [0.717, 1.165) is 23.4 Å². The van der Waals surface area contributed by atoms with Gasteiger partial charge in [0.1, 0.15) is 0 Å². The maximum Gasteiger partial charge on any atom is 0.224 e. The number of guanidine groups is 1. The molecule has 0 aliphatic heterocycles. The molecule has 0 unspecified atom stereocenters. The number of anilines is 1. The largest absolute Gasteiger partial charge is 0.493 e. The van der Waals surface area contributed by atoms with Crippen LogP contribution in [0.3, 0.4) is 0 Å². The molecule has 2 aromatic rings. The van der Waals surface area contributed by atoms with E-state index in [1.807, 2.05) is 18.2 Å². The first-order valence-electron chi connectivity index (χ1n) is 9.76. The zero-order valence-corrected chi connectivity index (χ0v) is 18.4. The van der Waals surface area contributed by atoms with Crippen molar-refractivity contribution in [2.75, 3.05) is 39.7 Å². The van der Waals surface area contributed by atoms with Gasteiger partial charge >= 0.3 is 0 Å². The van der Waals surface area contributed by atoms with E-state index in [4.69, 9.17) is 21.1 Å². The average molecular weight is 433 g/mol. The van der Waals surface area contributed by atoms with Gasteiger partial charge in [0.2, 0.25) is 5.91 Å². The fourth-order valence-corrected chi connectivity index (χ4v) is 2.92. The molecule has 0 aromatic heterocycles. The van der Waals surface area contributed by atoms with Crippen molar-refractivity contribution in [2.45, 2.75) is 19.3 Å². The first kappa shape index (κ1) is 23.3. The van der Waals surface area contributed by atoms with Gasteiger partial charge in [0.25, 0.3) is 0 Å². The van der Waals surface area contributed by atoms with Gasteiger partial charge in [0.05, 0.1) is 14.2 Å². The maximum absolute atomic E-state index is 12.0. The zero-order chi connectivity index (χ0) is 21.8. The number of rotatable bonds is 10. The normalized spacial score (nSPS) is 11.0. The molecule has 0 saturated carbocycles. The lowest BCUT2D eigenvalue weighted by molar-refractivity contribution is -0.116. The summed E-state index contributed by atoms with van der Waals surface area (Å²) in [6, 6.07) is 12.9. The van der Waals surface area contributed by atoms with Crippen molar-refractivity contribution in [3.05, 3.63) is 53.1 Å². The second kappa shape index (κ2) is 12.6. The summed E-state index contributed by atoms with van der Waals surface area (Å²) in [6.07, 6.45) is 1.92. The number of benzene rings is 2. The molecule has 30 heavy (non-hydrogen) atoms. The Kier molecular flexibility index (Phi) is 9.80. The second-order valence-corrected chi connectivity index (χ2v) is 6.96. The molecular weight excluding hydrogens is 404 g/mol. The molecular formula is C22H29ClN4O3. The van der Waals surface area contributed by atoms with Gasteiger partial charge < -0.3 is 25.4 Å². The Morgan fingerprint density at radius 3 is 2.37 bits per heavy atom. The van der Waals surface area contributed by atoms with Crippen molar-refractivity contribution < 1.29 is 14.3 Å². The number of nitrogens with zero attached hydrogens (tertiary/aromatic N) is 1. The molecule has 2 rings (SSSR count). The Morgan fingerprint density at radius 1 is 1.00 bits per heavy atom. The fourth-order valence-electron chi connectivity index (χ4n) is 2.79. The first-order chi connectivity index (χ1) is 14.5. The average Bonchev–Trinajstić information content (AvgIpc) is 2.76. The van der Waals surface area contributed by atoms with Crippen molar-refractivity contribution >= 4 is 29.2 Å². The van der Waals surface area contributed by atoms with Crippen LogP contribution in [0.2, 0.25) is 5.02 Å². The number of hydrogen-bond donors (Lipinski definition) is 3. The van der Waals surface area contributed by atoms with E-state index in [2.05, 4.69) is 20.9 Å². The number of carbonyl (C=O) groups excluding carboxylic acids is 1. The standard InChI is InChI=1S/C22H29ClN4O3/c1-24-22(26-14-12-16-6-11-19(29-2)20(15-16)30-3)25-13-4-5-21(28)27-18-9-7-17(23)8-10-18/h6-11,15H,4-5,12-14H2,1-3H3,(H,27,28)(H2,24,25,26). The summed E-state index contributed by atoms with van der Waals surface area (Å²) in [5.74, 6) is 2.10. The number of nitrogens with one attached hydrogen (secondary N) is 3. The molecule has 0 spiro atoms. The predicted molar refractivity (Wildman–Crippen MR) is 122 cm³/mol. The second-order valence-electron chi connectivity index (χ2n) is 6.52. The minimum absolute atomic E-state index is 0.0319. The molecule has 8 heteroatoms. The van der Waals surface area contributed by atoms with E-state index in [-0.39, 0.29) is 5.91 Å². The minimum atomic E-state index is -0.0319. The zero-order valence-electron chi connectivity index (χ0n) is 17.6. The summed E-state index contributed by atoms with van der Waals surface area (Å²) in [5.41, 5.74) is 1.87. The summed E-state index contributed by atoms with van der Waals surface area (Å²) in [5, 5.41) is 9.98.